The number of aliphatic hydroxyl groups excluding tert-OH is 1. The maximum absolute atomic E-state index is 9.42. The van der Waals surface area contributed by atoms with Crippen LogP contribution in [0.25, 0.3) is 0 Å². The highest BCUT2D eigenvalue weighted by molar-refractivity contribution is 7.10. The summed E-state index contributed by atoms with van der Waals surface area (Å²) in [5.74, 6) is 0. The van der Waals surface area contributed by atoms with Gasteiger partial charge in [-0.2, -0.15) is 0 Å². The molecule has 78 valence electrons. The SMILES string of the molecule is OCC(c1cccs1)N1CCCCC1. The van der Waals surface area contributed by atoms with Crippen molar-refractivity contribution in [2.45, 2.75) is 25.3 Å². The Bertz CT molecular complexity index is 254. The van der Waals surface area contributed by atoms with E-state index in [1.54, 1.807) is 11.3 Å². The third kappa shape index (κ3) is 2.16. The van der Waals surface area contributed by atoms with E-state index >= 15 is 0 Å². The normalized spacial score (nSPS) is 20.9. The Morgan fingerprint density at radius 1 is 1.36 bits per heavy atom. The summed E-state index contributed by atoms with van der Waals surface area (Å²) in [7, 11) is 0. The van der Waals surface area contributed by atoms with Crippen molar-refractivity contribution in [1.82, 2.24) is 4.90 Å². The maximum Gasteiger partial charge on any atom is 0.0674 e. The molecule has 0 aliphatic carbocycles. The molecule has 14 heavy (non-hydrogen) atoms. The molecule has 0 spiro atoms. The molecule has 0 amide bonds. The van der Waals surface area contributed by atoms with Gasteiger partial charge in [0.1, 0.15) is 0 Å². The average molecular weight is 211 g/mol. The van der Waals surface area contributed by atoms with Gasteiger partial charge in [-0.25, -0.2) is 0 Å². The first-order valence-electron chi connectivity index (χ1n) is 5.30. The fraction of sp³-hybridized carbons (Fsp3) is 0.636. The summed E-state index contributed by atoms with van der Waals surface area (Å²) in [5.41, 5.74) is 0. The van der Waals surface area contributed by atoms with Gasteiger partial charge in [0.05, 0.1) is 12.6 Å². The number of hydrogen-bond donors (Lipinski definition) is 1. The molecule has 2 nitrogen and oxygen atoms in total. The standard InChI is InChI=1S/C11H17NOS/c13-9-10(11-5-4-8-14-11)12-6-2-1-3-7-12/h4-5,8,10,13H,1-3,6-7,9H2. The maximum atomic E-state index is 9.42. The monoisotopic (exact) mass is 211 g/mol. The number of nitrogens with zero attached hydrogens (tertiary/aromatic N) is 1. The van der Waals surface area contributed by atoms with Crippen molar-refractivity contribution in [3.05, 3.63) is 22.4 Å². The van der Waals surface area contributed by atoms with E-state index in [0.29, 0.717) is 0 Å². The van der Waals surface area contributed by atoms with Crippen molar-refractivity contribution < 1.29 is 5.11 Å². The van der Waals surface area contributed by atoms with Crippen molar-refractivity contribution in [3.8, 4) is 0 Å². The van der Waals surface area contributed by atoms with Gasteiger partial charge in [-0.15, -0.1) is 11.3 Å². The molecule has 1 aromatic heterocycles. The Balaban J connectivity index is 2.04. The number of likely N-dealkylation sites (tertiary alicyclic amines) is 1. The molecule has 1 fully saturated rings. The molecule has 1 saturated heterocycles. The van der Waals surface area contributed by atoms with Crippen LogP contribution in [0.15, 0.2) is 17.5 Å². The summed E-state index contributed by atoms with van der Waals surface area (Å²) >= 11 is 1.75. The Morgan fingerprint density at radius 2 is 2.14 bits per heavy atom. The van der Waals surface area contributed by atoms with Gasteiger partial charge in [0.25, 0.3) is 0 Å². The number of hydrogen-bond acceptors (Lipinski definition) is 3. The van der Waals surface area contributed by atoms with Gasteiger partial charge in [-0.3, -0.25) is 4.90 Å². The second-order valence-corrected chi connectivity index (χ2v) is 4.79. The smallest absolute Gasteiger partial charge is 0.0674 e. The molecule has 1 atom stereocenters. The summed E-state index contributed by atoms with van der Waals surface area (Å²) < 4.78 is 0. The topological polar surface area (TPSA) is 23.5 Å². The fourth-order valence-electron chi connectivity index (χ4n) is 2.10. The van der Waals surface area contributed by atoms with Crippen molar-refractivity contribution in [2.24, 2.45) is 0 Å². The van der Waals surface area contributed by atoms with Crippen LogP contribution < -0.4 is 0 Å². The molecule has 0 aromatic carbocycles. The van der Waals surface area contributed by atoms with Crippen molar-refractivity contribution in [2.75, 3.05) is 19.7 Å². The minimum Gasteiger partial charge on any atom is -0.394 e. The Kier molecular flexibility index (Phi) is 3.56. The first-order valence-corrected chi connectivity index (χ1v) is 6.18. The van der Waals surface area contributed by atoms with Gasteiger partial charge in [0.2, 0.25) is 0 Å². The molecule has 3 heteroatoms. The third-order valence-electron chi connectivity index (χ3n) is 2.88. The van der Waals surface area contributed by atoms with Crippen LogP contribution in [-0.4, -0.2) is 29.7 Å². The van der Waals surface area contributed by atoms with Crippen molar-refractivity contribution in [3.63, 3.8) is 0 Å². The second-order valence-electron chi connectivity index (χ2n) is 3.81. The molecule has 1 aromatic rings. The van der Waals surface area contributed by atoms with Gasteiger partial charge in [-0.1, -0.05) is 12.5 Å². The highest BCUT2D eigenvalue weighted by Crippen LogP contribution is 2.27. The zero-order chi connectivity index (χ0) is 9.80. The zero-order valence-electron chi connectivity index (χ0n) is 8.35. The van der Waals surface area contributed by atoms with Crippen LogP contribution >= 0.6 is 11.3 Å². The molecule has 1 aliphatic rings. The third-order valence-corrected chi connectivity index (χ3v) is 3.85. The van der Waals surface area contributed by atoms with E-state index in [0.717, 1.165) is 13.1 Å². The molecule has 1 unspecified atom stereocenters. The molecule has 0 bridgehead atoms. The summed E-state index contributed by atoms with van der Waals surface area (Å²) in [5, 5.41) is 11.5. The molecule has 0 radical (unpaired) electrons. The van der Waals surface area contributed by atoms with Crippen LogP contribution in [-0.2, 0) is 0 Å². The van der Waals surface area contributed by atoms with Crippen LogP contribution in [0.1, 0.15) is 30.2 Å². The van der Waals surface area contributed by atoms with Crippen molar-refractivity contribution in [1.29, 1.82) is 0 Å². The largest absolute Gasteiger partial charge is 0.394 e. The lowest BCUT2D eigenvalue weighted by atomic mass is 10.1. The van der Waals surface area contributed by atoms with Gasteiger partial charge in [-0.05, 0) is 37.4 Å². The predicted octanol–water partition coefficient (Wildman–Crippen LogP) is 2.27. The Labute approximate surface area is 89.2 Å². The van der Waals surface area contributed by atoms with E-state index in [1.807, 2.05) is 0 Å². The molecule has 2 heterocycles. The van der Waals surface area contributed by atoms with Gasteiger partial charge in [0.15, 0.2) is 0 Å². The molecular weight excluding hydrogens is 194 g/mol. The quantitative estimate of drug-likeness (QED) is 0.829. The second kappa shape index (κ2) is 4.91. The summed E-state index contributed by atoms with van der Waals surface area (Å²) in [4.78, 5) is 3.71. The summed E-state index contributed by atoms with van der Waals surface area (Å²) in [6, 6.07) is 4.43. The lowest BCUT2D eigenvalue weighted by molar-refractivity contribution is 0.106. The Morgan fingerprint density at radius 3 is 2.71 bits per heavy atom. The Hall–Kier alpha value is -0.380. The number of thiophene rings is 1. The minimum atomic E-state index is 0.246. The van der Waals surface area contributed by atoms with E-state index in [2.05, 4.69) is 22.4 Å². The van der Waals surface area contributed by atoms with Gasteiger partial charge in [0, 0.05) is 4.88 Å². The number of rotatable bonds is 3. The molecular formula is C11H17NOS. The predicted molar refractivity (Wildman–Crippen MR) is 59.6 cm³/mol. The van der Waals surface area contributed by atoms with Crippen LogP contribution in [0, 0.1) is 0 Å². The van der Waals surface area contributed by atoms with Gasteiger partial charge < -0.3 is 5.11 Å². The van der Waals surface area contributed by atoms with Crippen LogP contribution in [0.2, 0.25) is 0 Å². The van der Waals surface area contributed by atoms with Gasteiger partial charge >= 0.3 is 0 Å². The number of piperidine rings is 1. The summed E-state index contributed by atoms with van der Waals surface area (Å²) in [6.07, 6.45) is 3.91. The van der Waals surface area contributed by atoms with E-state index in [1.165, 1.54) is 24.1 Å². The fourth-order valence-corrected chi connectivity index (χ4v) is 2.95. The van der Waals surface area contributed by atoms with Crippen LogP contribution in [0.5, 0.6) is 0 Å². The number of aliphatic hydroxyl groups is 1. The lowest BCUT2D eigenvalue weighted by Crippen LogP contribution is -2.35. The molecule has 0 saturated carbocycles. The van der Waals surface area contributed by atoms with E-state index in [4.69, 9.17) is 0 Å². The molecule has 1 N–H and O–H groups in total. The summed E-state index contributed by atoms with van der Waals surface area (Å²) in [6.45, 7) is 2.53. The minimum absolute atomic E-state index is 0.246. The zero-order valence-corrected chi connectivity index (χ0v) is 9.17. The average Bonchev–Trinajstić information content (AvgIpc) is 2.74. The molecule has 2 rings (SSSR count). The van der Waals surface area contributed by atoms with Crippen LogP contribution in [0.3, 0.4) is 0 Å². The first kappa shape index (κ1) is 10.1. The van der Waals surface area contributed by atoms with E-state index < -0.39 is 0 Å². The first-order chi connectivity index (χ1) is 6.92. The lowest BCUT2D eigenvalue weighted by Gasteiger charge is -2.32. The van der Waals surface area contributed by atoms with E-state index in [9.17, 15) is 5.11 Å². The van der Waals surface area contributed by atoms with E-state index in [-0.39, 0.29) is 12.6 Å². The molecule has 1 aliphatic heterocycles. The van der Waals surface area contributed by atoms with Crippen molar-refractivity contribution >= 4 is 11.3 Å². The van der Waals surface area contributed by atoms with Crippen LogP contribution in [0.4, 0.5) is 0 Å². The highest BCUT2D eigenvalue weighted by Gasteiger charge is 2.21. The highest BCUT2D eigenvalue weighted by atomic mass is 32.1.